The van der Waals surface area contributed by atoms with Crippen molar-refractivity contribution in [2.45, 2.75) is 53.4 Å². The smallest absolute Gasteiger partial charge is 0.226 e. The van der Waals surface area contributed by atoms with Gasteiger partial charge in [-0.05, 0) is 37.0 Å². The van der Waals surface area contributed by atoms with Crippen molar-refractivity contribution in [2.24, 2.45) is 23.0 Å². The largest absolute Gasteiger partial charge is 0.342 e. The molecule has 1 saturated heterocycles. The van der Waals surface area contributed by atoms with E-state index < -0.39 is 0 Å². The molecule has 1 rings (SSSR count). The number of hydrogen-bond donors (Lipinski definition) is 1. The first-order valence-electron chi connectivity index (χ1n) is 7.46. The van der Waals surface area contributed by atoms with Gasteiger partial charge in [0.25, 0.3) is 0 Å². The highest BCUT2D eigenvalue weighted by molar-refractivity contribution is 5.79. The van der Waals surface area contributed by atoms with Crippen LogP contribution in [0.2, 0.25) is 0 Å². The Hall–Kier alpha value is -0.570. The summed E-state index contributed by atoms with van der Waals surface area (Å²) in [5, 5.41) is 0. The maximum Gasteiger partial charge on any atom is 0.226 e. The molecular weight excluding hydrogens is 224 g/mol. The van der Waals surface area contributed by atoms with Crippen LogP contribution in [-0.2, 0) is 4.79 Å². The minimum atomic E-state index is 0.0227. The van der Waals surface area contributed by atoms with Gasteiger partial charge in [0.2, 0.25) is 5.91 Å². The standard InChI is InChI=1S/C15H30N2O/c1-5-15(6-2)7-8-17(11-15)14(18)13(10-16)9-12(3)4/h12-13H,5-11,16H2,1-4H3. The van der Waals surface area contributed by atoms with Crippen LogP contribution in [0.4, 0.5) is 0 Å². The van der Waals surface area contributed by atoms with E-state index in [0.29, 0.717) is 17.9 Å². The quantitative estimate of drug-likeness (QED) is 0.792. The molecule has 0 bridgehead atoms. The van der Waals surface area contributed by atoms with Crippen molar-refractivity contribution in [3.63, 3.8) is 0 Å². The van der Waals surface area contributed by atoms with Crippen molar-refractivity contribution >= 4 is 5.91 Å². The van der Waals surface area contributed by atoms with Crippen molar-refractivity contribution < 1.29 is 4.79 Å². The highest BCUT2D eigenvalue weighted by Crippen LogP contribution is 2.37. The van der Waals surface area contributed by atoms with E-state index in [4.69, 9.17) is 5.73 Å². The van der Waals surface area contributed by atoms with Crippen molar-refractivity contribution in [2.75, 3.05) is 19.6 Å². The zero-order valence-corrected chi connectivity index (χ0v) is 12.5. The SMILES string of the molecule is CCC1(CC)CCN(C(=O)C(CN)CC(C)C)C1. The average molecular weight is 254 g/mol. The van der Waals surface area contributed by atoms with Gasteiger partial charge in [-0.3, -0.25) is 4.79 Å². The first kappa shape index (κ1) is 15.5. The molecule has 18 heavy (non-hydrogen) atoms. The minimum absolute atomic E-state index is 0.0227. The molecule has 0 radical (unpaired) electrons. The maximum atomic E-state index is 12.5. The lowest BCUT2D eigenvalue weighted by Gasteiger charge is -2.28. The zero-order chi connectivity index (χ0) is 13.8. The molecule has 3 nitrogen and oxygen atoms in total. The van der Waals surface area contributed by atoms with Gasteiger partial charge in [-0.15, -0.1) is 0 Å². The fourth-order valence-corrected chi connectivity index (χ4v) is 3.08. The molecule has 1 atom stereocenters. The number of nitrogens with two attached hydrogens (primary N) is 1. The van der Waals surface area contributed by atoms with Crippen LogP contribution in [0.3, 0.4) is 0 Å². The maximum absolute atomic E-state index is 12.5. The van der Waals surface area contributed by atoms with E-state index in [0.717, 1.165) is 25.9 Å². The number of carbonyl (C=O) groups is 1. The van der Waals surface area contributed by atoms with Gasteiger partial charge in [0.15, 0.2) is 0 Å². The van der Waals surface area contributed by atoms with Gasteiger partial charge in [-0.1, -0.05) is 27.7 Å². The molecule has 1 amide bonds. The molecule has 106 valence electrons. The molecule has 0 spiro atoms. The number of nitrogens with zero attached hydrogens (tertiary/aromatic N) is 1. The molecular formula is C15H30N2O. The van der Waals surface area contributed by atoms with Crippen molar-refractivity contribution in [1.29, 1.82) is 0 Å². The van der Waals surface area contributed by atoms with Crippen LogP contribution in [0.5, 0.6) is 0 Å². The molecule has 2 N–H and O–H groups in total. The molecule has 1 fully saturated rings. The Morgan fingerprint density at radius 1 is 1.33 bits per heavy atom. The monoisotopic (exact) mass is 254 g/mol. The third kappa shape index (κ3) is 3.47. The molecule has 0 aromatic carbocycles. The summed E-state index contributed by atoms with van der Waals surface area (Å²) < 4.78 is 0. The van der Waals surface area contributed by atoms with Crippen LogP contribution >= 0.6 is 0 Å². The summed E-state index contributed by atoms with van der Waals surface area (Å²) in [6.07, 6.45) is 4.41. The minimum Gasteiger partial charge on any atom is -0.342 e. The third-order valence-electron chi connectivity index (χ3n) is 4.64. The molecule has 1 heterocycles. The first-order valence-corrected chi connectivity index (χ1v) is 7.46. The predicted molar refractivity (Wildman–Crippen MR) is 76.2 cm³/mol. The number of amides is 1. The molecule has 1 aliphatic heterocycles. The Labute approximate surface area is 112 Å². The normalized spacial score (nSPS) is 20.4. The molecule has 0 aromatic heterocycles. The van der Waals surface area contributed by atoms with Gasteiger partial charge < -0.3 is 10.6 Å². The molecule has 3 heteroatoms. The number of hydrogen-bond acceptors (Lipinski definition) is 2. The lowest BCUT2D eigenvalue weighted by Crippen LogP contribution is -2.39. The Balaban J connectivity index is 2.63. The Morgan fingerprint density at radius 2 is 1.94 bits per heavy atom. The van der Waals surface area contributed by atoms with E-state index in [9.17, 15) is 4.79 Å². The van der Waals surface area contributed by atoms with Gasteiger partial charge in [0.05, 0.1) is 5.92 Å². The summed E-state index contributed by atoms with van der Waals surface area (Å²) in [6.45, 7) is 11.1. The molecule has 0 aliphatic carbocycles. The second kappa shape index (κ2) is 6.55. The van der Waals surface area contributed by atoms with Crippen LogP contribution in [0.15, 0.2) is 0 Å². The van der Waals surface area contributed by atoms with Crippen LogP contribution in [0.25, 0.3) is 0 Å². The second-order valence-corrected chi connectivity index (χ2v) is 6.28. The summed E-state index contributed by atoms with van der Waals surface area (Å²) in [5.74, 6) is 0.844. The van der Waals surface area contributed by atoms with Crippen molar-refractivity contribution in [3.05, 3.63) is 0 Å². The first-order chi connectivity index (χ1) is 8.48. The van der Waals surface area contributed by atoms with Gasteiger partial charge in [0, 0.05) is 19.6 Å². The summed E-state index contributed by atoms with van der Waals surface area (Å²) in [6, 6.07) is 0. The Morgan fingerprint density at radius 3 is 2.33 bits per heavy atom. The summed E-state index contributed by atoms with van der Waals surface area (Å²) >= 11 is 0. The van der Waals surface area contributed by atoms with Gasteiger partial charge in [0.1, 0.15) is 0 Å². The van der Waals surface area contributed by atoms with Gasteiger partial charge >= 0.3 is 0 Å². The molecule has 0 aromatic rings. The van der Waals surface area contributed by atoms with Crippen LogP contribution in [0.1, 0.15) is 53.4 Å². The summed E-state index contributed by atoms with van der Waals surface area (Å²) in [4.78, 5) is 14.5. The lowest BCUT2D eigenvalue weighted by atomic mass is 9.82. The van der Waals surface area contributed by atoms with E-state index in [-0.39, 0.29) is 11.8 Å². The summed E-state index contributed by atoms with van der Waals surface area (Å²) in [5.41, 5.74) is 6.14. The Bertz CT molecular complexity index is 272. The van der Waals surface area contributed by atoms with E-state index in [1.807, 2.05) is 0 Å². The lowest BCUT2D eigenvalue weighted by molar-refractivity contribution is -0.135. The molecule has 1 unspecified atom stereocenters. The van der Waals surface area contributed by atoms with E-state index >= 15 is 0 Å². The Kier molecular flexibility index (Phi) is 5.64. The van der Waals surface area contributed by atoms with E-state index in [2.05, 4.69) is 32.6 Å². The van der Waals surface area contributed by atoms with Crippen molar-refractivity contribution in [1.82, 2.24) is 4.90 Å². The molecule has 0 saturated carbocycles. The number of carbonyl (C=O) groups excluding carboxylic acids is 1. The topological polar surface area (TPSA) is 46.3 Å². The fourth-order valence-electron chi connectivity index (χ4n) is 3.08. The van der Waals surface area contributed by atoms with Gasteiger partial charge in [-0.2, -0.15) is 0 Å². The van der Waals surface area contributed by atoms with Crippen LogP contribution in [-0.4, -0.2) is 30.4 Å². The van der Waals surface area contributed by atoms with E-state index in [1.54, 1.807) is 0 Å². The predicted octanol–water partition coefficient (Wildman–Crippen LogP) is 2.65. The van der Waals surface area contributed by atoms with Crippen molar-refractivity contribution in [3.8, 4) is 0 Å². The highest BCUT2D eigenvalue weighted by Gasteiger charge is 2.38. The van der Waals surface area contributed by atoms with E-state index in [1.165, 1.54) is 12.8 Å². The third-order valence-corrected chi connectivity index (χ3v) is 4.64. The summed E-state index contributed by atoms with van der Waals surface area (Å²) in [7, 11) is 0. The number of rotatable bonds is 6. The number of likely N-dealkylation sites (tertiary alicyclic amines) is 1. The average Bonchev–Trinajstić information content (AvgIpc) is 2.80. The molecule has 1 aliphatic rings. The second-order valence-electron chi connectivity index (χ2n) is 6.28. The fraction of sp³-hybridized carbons (Fsp3) is 0.933. The van der Waals surface area contributed by atoms with Crippen LogP contribution < -0.4 is 5.73 Å². The van der Waals surface area contributed by atoms with Crippen LogP contribution in [0, 0.1) is 17.3 Å². The van der Waals surface area contributed by atoms with Gasteiger partial charge in [-0.25, -0.2) is 0 Å². The zero-order valence-electron chi connectivity index (χ0n) is 12.5. The highest BCUT2D eigenvalue weighted by atomic mass is 16.2.